The third-order valence-electron chi connectivity index (χ3n) is 3.09. The molecule has 2 N–H and O–H groups in total. The Labute approximate surface area is 126 Å². The lowest BCUT2D eigenvalue weighted by Gasteiger charge is -2.32. The van der Waals surface area contributed by atoms with Gasteiger partial charge in [-0.2, -0.15) is 0 Å². The van der Waals surface area contributed by atoms with Gasteiger partial charge in [-0.1, -0.05) is 0 Å². The second-order valence-corrected chi connectivity index (χ2v) is 5.70. The molecule has 1 unspecified atom stereocenters. The minimum absolute atomic E-state index is 0.0229. The van der Waals surface area contributed by atoms with Crippen molar-refractivity contribution in [2.45, 2.75) is 19.6 Å². The SMILES string of the molecule is CC(=O)NCC1CN(Cc2ncc(Br)cc2O)CCO1. The van der Waals surface area contributed by atoms with Gasteiger partial charge < -0.3 is 15.2 Å². The highest BCUT2D eigenvalue weighted by atomic mass is 79.9. The first-order valence-electron chi connectivity index (χ1n) is 6.46. The molecule has 1 aromatic heterocycles. The maximum absolute atomic E-state index is 10.9. The van der Waals surface area contributed by atoms with Crippen LogP contribution in [0.5, 0.6) is 5.75 Å². The van der Waals surface area contributed by atoms with Crippen LogP contribution in [0.4, 0.5) is 0 Å². The molecule has 0 radical (unpaired) electrons. The predicted octanol–water partition coefficient (Wildman–Crippen LogP) is 0.887. The average molecular weight is 344 g/mol. The third-order valence-corrected chi connectivity index (χ3v) is 3.52. The molecule has 0 aromatic carbocycles. The van der Waals surface area contributed by atoms with E-state index in [2.05, 4.69) is 31.1 Å². The van der Waals surface area contributed by atoms with Crippen LogP contribution < -0.4 is 5.32 Å². The summed E-state index contributed by atoms with van der Waals surface area (Å²) >= 11 is 3.27. The van der Waals surface area contributed by atoms with Gasteiger partial charge in [0.15, 0.2) is 0 Å². The number of pyridine rings is 1. The lowest BCUT2D eigenvalue weighted by atomic mass is 10.2. The number of halogens is 1. The van der Waals surface area contributed by atoms with Crippen LogP contribution in [0.3, 0.4) is 0 Å². The molecule has 0 bridgehead atoms. The van der Waals surface area contributed by atoms with E-state index in [9.17, 15) is 9.90 Å². The van der Waals surface area contributed by atoms with E-state index in [1.54, 1.807) is 12.3 Å². The highest BCUT2D eigenvalue weighted by molar-refractivity contribution is 9.10. The molecule has 1 atom stereocenters. The fraction of sp³-hybridized carbons (Fsp3) is 0.538. The summed E-state index contributed by atoms with van der Waals surface area (Å²) in [6.07, 6.45) is 1.65. The summed E-state index contributed by atoms with van der Waals surface area (Å²) in [5.74, 6) is 0.127. The lowest BCUT2D eigenvalue weighted by Crippen LogP contribution is -2.46. The molecule has 7 heteroatoms. The predicted molar refractivity (Wildman–Crippen MR) is 77.3 cm³/mol. The number of rotatable bonds is 4. The minimum Gasteiger partial charge on any atom is -0.506 e. The summed E-state index contributed by atoms with van der Waals surface area (Å²) in [4.78, 5) is 17.3. The largest absolute Gasteiger partial charge is 0.506 e. The van der Waals surface area contributed by atoms with Gasteiger partial charge in [-0.3, -0.25) is 14.7 Å². The Morgan fingerprint density at radius 3 is 3.20 bits per heavy atom. The van der Waals surface area contributed by atoms with Gasteiger partial charge in [-0.15, -0.1) is 0 Å². The number of nitrogens with one attached hydrogen (secondary N) is 1. The molecule has 2 rings (SSSR count). The first kappa shape index (κ1) is 15.2. The van der Waals surface area contributed by atoms with E-state index in [0.29, 0.717) is 31.9 Å². The second-order valence-electron chi connectivity index (χ2n) is 4.78. The van der Waals surface area contributed by atoms with Gasteiger partial charge in [0.1, 0.15) is 5.75 Å². The second kappa shape index (κ2) is 7.01. The fourth-order valence-corrected chi connectivity index (χ4v) is 2.41. The van der Waals surface area contributed by atoms with Crippen LogP contribution in [0, 0.1) is 0 Å². The molecule has 2 heterocycles. The normalized spacial score (nSPS) is 19.8. The Morgan fingerprint density at radius 1 is 1.70 bits per heavy atom. The summed E-state index contributed by atoms with van der Waals surface area (Å²) in [5.41, 5.74) is 0.647. The van der Waals surface area contributed by atoms with E-state index in [1.165, 1.54) is 6.92 Å². The molecule has 110 valence electrons. The number of ether oxygens (including phenoxy) is 1. The summed E-state index contributed by atoms with van der Waals surface area (Å²) < 4.78 is 6.35. The summed E-state index contributed by atoms with van der Waals surface area (Å²) in [6.45, 7) is 4.67. The van der Waals surface area contributed by atoms with Crippen LogP contribution >= 0.6 is 15.9 Å². The molecule has 1 fully saturated rings. The number of aromatic hydroxyl groups is 1. The first-order valence-corrected chi connectivity index (χ1v) is 7.25. The van der Waals surface area contributed by atoms with Gasteiger partial charge >= 0.3 is 0 Å². The van der Waals surface area contributed by atoms with E-state index in [-0.39, 0.29) is 17.8 Å². The summed E-state index contributed by atoms with van der Waals surface area (Å²) in [6, 6.07) is 1.64. The quantitative estimate of drug-likeness (QED) is 0.849. The number of hydrogen-bond donors (Lipinski definition) is 2. The van der Waals surface area contributed by atoms with Crippen molar-refractivity contribution < 1.29 is 14.6 Å². The molecular formula is C13H18BrN3O3. The third kappa shape index (κ3) is 4.43. The Balaban J connectivity index is 1.90. The zero-order valence-corrected chi connectivity index (χ0v) is 12.9. The van der Waals surface area contributed by atoms with Crippen molar-refractivity contribution in [2.75, 3.05) is 26.2 Å². The van der Waals surface area contributed by atoms with Gasteiger partial charge in [0.25, 0.3) is 0 Å². The van der Waals surface area contributed by atoms with Crippen LogP contribution in [0.25, 0.3) is 0 Å². The van der Waals surface area contributed by atoms with E-state index >= 15 is 0 Å². The van der Waals surface area contributed by atoms with Gasteiger partial charge in [0.2, 0.25) is 5.91 Å². The van der Waals surface area contributed by atoms with E-state index in [1.807, 2.05) is 0 Å². The number of carbonyl (C=O) groups excluding carboxylic acids is 1. The first-order chi connectivity index (χ1) is 9.54. The maximum atomic E-state index is 10.9. The highest BCUT2D eigenvalue weighted by Crippen LogP contribution is 2.21. The molecule has 0 aliphatic carbocycles. The van der Waals surface area contributed by atoms with Gasteiger partial charge in [0.05, 0.1) is 18.4 Å². The number of aromatic nitrogens is 1. The average Bonchev–Trinajstić information content (AvgIpc) is 2.40. The van der Waals surface area contributed by atoms with E-state index < -0.39 is 0 Å². The van der Waals surface area contributed by atoms with Crippen molar-refractivity contribution in [2.24, 2.45) is 0 Å². The molecule has 1 saturated heterocycles. The smallest absolute Gasteiger partial charge is 0.216 e. The topological polar surface area (TPSA) is 74.7 Å². The number of nitrogens with zero attached hydrogens (tertiary/aromatic N) is 2. The van der Waals surface area contributed by atoms with Crippen LogP contribution in [0.15, 0.2) is 16.7 Å². The molecule has 0 saturated carbocycles. The fourth-order valence-electron chi connectivity index (χ4n) is 2.10. The van der Waals surface area contributed by atoms with Crippen LogP contribution in [0.1, 0.15) is 12.6 Å². The minimum atomic E-state index is -0.0575. The Morgan fingerprint density at radius 2 is 2.50 bits per heavy atom. The molecule has 1 aliphatic rings. The van der Waals surface area contributed by atoms with Crippen LogP contribution in [0.2, 0.25) is 0 Å². The van der Waals surface area contributed by atoms with Crippen LogP contribution in [-0.4, -0.2) is 53.2 Å². The lowest BCUT2D eigenvalue weighted by molar-refractivity contribution is -0.120. The number of hydrogen-bond acceptors (Lipinski definition) is 5. The van der Waals surface area contributed by atoms with Crippen molar-refractivity contribution in [1.82, 2.24) is 15.2 Å². The number of amides is 1. The molecule has 1 aliphatic heterocycles. The summed E-state index contributed by atoms with van der Waals surface area (Å²) in [5, 5.41) is 12.6. The monoisotopic (exact) mass is 343 g/mol. The number of morpholine rings is 1. The standard InChI is InChI=1S/C13H18BrN3O3/c1-9(18)15-6-11-7-17(2-3-20-11)8-12-13(19)4-10(14)5-16-12/h4-5,11,19H,2-3,6-8H2,1H3,(H,15,18). The Bertz CT molecular complexity index is 484. The highest BCUT2D eigenvalue weighted by Gasteiger charge is 2.21. The Hall–Kier alpha value is -1.18. The van der Waals surface area contributed by atoms with Crippen molar-refractivity contribution in [3.05, 3.63) is 22.4 Å². The summed E-state index contributed by atoms with van der Waals surface area (Å²) in [7, 11) is 0. The van der Waals surface area contributed by atoms with Gasteiger partial charge in [-0.25, -0.2) is 0 Å². The van der Waals surface area contributed by atoms with Crippen molar-refractivity contribution in [3.63, 3.8) is 0 Å². The zero-order valence-electron chi connectivity index (χ0n) is 11.3. The molecule has 0 spiro atoms. The molecule has 6 nitrogen and oxygen atoms in total. The Kier molecular flexibility index (Phi) is 5.33. The van der Waals surface area contributed by atoms with E-state index in [0.717, 1.165) is 11.0 Å². The molecule has 1 amide bonds. The molecule has 1 aromatic rings. The molecule has 20 heavy (non-hydrogen) atoms. The van der Waals surface area contributed by atoms with Crippen molar-refractivity contribution >= 4 is 21.8 Å². The van der Waals surface area contributed by atoms with Gasteiger partial charge in [-0.05, 0) is 22.0 Å². The maximum Gasteiger partial charge on any atom is 0.216 e. The van der Waals surface area contributed by atoms with Gasteiger partial charge in [0, 0.05) is 43.8 Å². The van der Waals surface area contributed by atoms with Crippen molar-refractivity contribution in [1.29, 1.82) is 0 Å². The van der Waals surface area contributed by atoms with E-state index in [4.69, 9.17) is 4.74 Å². The van der Waals surface area contributed by atoms with Crippen LogP contribution in [-0.2, 0) is 16.1 Å². The van der Waals surface area contributed by atoms with Crippen molar-refractivity contribution in [3.8, 4) is 5.75 Å². The zero-order chi connectivity index (χ0) is 14.5. The number of carbonyl (C=O) groups is 1. The molecular weight excluding hydrogens is 326 g/mol.